The molecule has 0 saturated carbocycles. The summed E-state index contributed by atoms with van der Waals surface area (Å²) in [5.41, 5.74) is 20.6. The van der Waals surface area contributed by atoms with Crippen LogP contribution in [-0.2, 0) is 104 Å². The first-order chi connectivity index (χ1) is 56.8. The van der Waals surface area contributed by atoms with E-state index >= 15 is 19.2 Å². The van der Waals surface area contributed by atoms with E-state index < -0.39 is 186 Å². The van der Waals surface area contributed by atoms with Gasteiger partial charge in [0.15, 0.2) is 5.96 Å². The summed E-state index contributed by atoms with van der Waals surface area (Å²) < 4.78 is 0. The monoisotopic (exact) mass is 1640 g/mol. The van der Waals surface area contributed by atoms with E-state index in [9.17, 15) is 73.2 Å². The number of primary amides is 1. The summed E-state index contributed by atoms with van der Waals surface area (Å²) in [6.07, 6.45) is 0.0816. The van der Waals surface area contributed by atoms with E-state index in [-0.39, 0.29) is 95.6 Å². The summed E-state index contributed by atoms with van der Waals surface area (Å²) in [6, 6.07) is 17.7. The number of likely N-dealkylation sites (tertiary alicyclic amines) is 2. The Labute approximate surface area is 682 Å². The number of benzene rings is 5. The SMILES string of the molecule is CC(C)[C@H](NC(=O)[C@H](Cc1ccc(O)cc1)NC(=O)[C@H](Cc1ccccc1)NC(=O)[C@H](CC(=O)O)NC(=O)[C@@H](N)CC(=O)O)C(=O)N[C@@H](Cc1c[nH]c2ccccc12)C(=O)N[C@@H](Cc1c[nH]c2ccccc12)C(=O)N1CCC[C@H]1C(=O)N[C@@H](CC(N)=O)C(=O)N[C@@H](Cc1ccccc1)C(=O)N1CCC[C@H]1C(=O)N[C@@H](CCCNC(=N)N)C(=O)O. The van der Waals surface area contributed by atoms with Crippen molar-refractivity contribution in [3.05, 3.63) is 174 Å². The lowest BCUT2D eigenvalue weighted by molar-refractivity contribution is -0.145. The van der Waals surface area contributed by atoms with Gasteiger partial charge in [0.05, 0.1) is 25.3 Å². The molecule has 2 aliphatic heterocycles. The number of carboxylic acid groups (broad SMARTS) is 3. The van der Waals surface area contributed by atoms with Crippen molar-refractivity contribution in [2.75, 3.05) is 19.6 Å². The maximum absolute atomic E-state index is 15.7. The van der Waals surface area contributed by atoms with Crippen molar-refractivity contribution in [1.29, 1.82) is 5.41 Å². The van der Waals surface area contributed by atoms with E-state index in [0.717, 1.165) is 0 Å². The van der Waals surface area contributed by atoms with Crippen molar-refractivity contribution in [2.45, 2.75) is 176 Å². The van der Waals surface area contributed by atoms with E-state index in [4.69, 9.17) is 22.6 Å². The first kappa shape index (κ1) is 89.2. The van der Waals surface area contributed by atoms with Crippen molar-refractivity contribution in [1.82, 2.24) is 72.9 Å². The Morgan fingerprint density at radius 3 is 1.32 bits per heavy atom. The van der Waals surface area contributed by atoms with Crippen LogP contribution in [0.1, 0.15) is 99.5 Å². The molecule has 0 unspecified atom stereocenters. The van der Waals surface area contributed by atoms with Crippen molar-refractivity contribution in [2.24, 2.45) is 23.1 Å². The van der Waals surface area contributed by atoms with Gasteiger partial charge in [-0.05, 0) is 96.5 Å². The maximum Gasteiger partial charge on any atom is 0.326 e. The number of hydrogen-bond acceptors (Lipinski definition) is 18. The van der Waals surface area contributed by atoms with Crippen molar-refractivity contribution in [3.63, 3.8) is 0 Å². The van der Waals surface area contributed by atoms with Crippen molar-refractivity contribution >= 4 is 117 Å². The number of H-pyrrole nitrogens is 2. The fourth-order valence-electron chi connectivity index (χ4n) is 14.5. The van der Waals surface area contributed by atoms with Gasteiger partial charge in [-0.3, -0.25) is 72.5 Å². The Hall–Kier alpha value is -13.7. The normalized spacial score (nSPS) is 16.3. The van der Waals surface area contributed by atoms with Gasteiger partial charge < -0.3 is 111 Å². The van der Waals surface area contributed by atoms with Crippen LogP contribution in [0.4, 0.5) is 0 Å². The average Bonchev–Trinajstić information content (AvgIpc) is 1.68. The standard InChI is InChI=1S/C82H100N18O19/c1-44(2)69(98-75(112)58(35-47-27-29-50(101)30-28-47)93-71(108)57(34-45-16-5-3-6-17-45)92-74(111)61(41-68(105)106)91-70(107)53(83)39-67(103)104)78(115)95-59(37-48-42-88-54-22-11-9-20-51(48)54)72(109)97-63(38-49-43-89-55-23-12-10-21-52(49)55)80(117)100-33-15-26-65(100)77(114)94-60(40-66(84)102)73(110)96-62(36-46-18-7-4-8-19-46)79(116)99-32-14-25-64(99)76(113)90-56(81(118)119)24-13-31-87-82(85)86/h3-12,16-23,27-30,42-44,53,56-65,69,88-89,101H,13-15,24-26,31-41,83H2,1-2H3,(H2,84,102)(H,90,113)(H,91,107)(H,92,111)(H,93,108)(H,94,114)(H,95,115)(H,96,110)(H,97,109)(H,98,112)(H,103,104)(H,105,106)(H,118,119)(H4,85,86,87)/t53-,56-,57-,58-,59-,60-,61-,62-,63-,64-,65-,69-/m0/s1. The Balaban J connectivity index is 0.976. The topological polar surface area (TPSA) is 597 Å². The highest BCUT2D eigenvalue weighted by Gasteiger charge is 2.44. The van der Waals surface area contributed by atoms with Gasteiger partial charge in [-0.2, -0.15) is 0 Å². The number of aromatic nitrogens is 2. The first-order valence-corrected chi connectivity index (χ1v) is 38.9. The number of carbonyl (C=O) groups is 15. The number of hydrogen-bond donors (Lipinski definition) is 20. The molecule has 12 amide bonds. The molecule has 7 aromatic rings. The number of aliphatic carboxylic acids is 3. The highest BCUT2D eigenvalue weighted by atomic mass is 16.4. The predicted octanol–water partition coefficient (Wildman–Crippen LogP) is -0.631. The van der Waals surface area contributed by atoms with Gasteiger partial charge in [0, 0.05) is 85.9 Å². The van der Waals surface area contributed by atoms with E-state index in [1.54, 1.807) is 135 Å². The minimum atomic E-state index is -1.91. The van der Waals surface area contributed by atoms with Gasteiger partial charge in [0.25, 0.3) is 0 Å². The zero-order valence-corrected chi connectivity index (χ0v) is 65.4. The number of amides is 12. The molecule has 2 aromatic heterocycles. The number of guanidine groups is 1. The molecule has 632 valence electrons. The van der Waals surface area contributed by atoms with Crippen LogP contribution in [0.5, 0.6) is 5.75 Å². The second-order valence-electron chi connectivity index (χ2n) is 29.8. The van der Waals surface area contributed by atoms with E-state index in [1.165, 1.54) is 34.1 Å². The Morgan fingerprint density at radius 1 is 0.454 bits per heavy atom. The van der Waals surface area contributed by atoms with E-state index in [1.807, 2.05) is 0 Å². The lowest BCUT2D eigenvalue weighted by atomic mass is 9.98. The van der Waals surface area contributed by atoms with Gasteiger partial charge in [0.2, 0.25) is 70.9 Å². The lowest BCUT2D eigenvalue weighted by Gasteiger charge is -2.32. The fraction of sp³-hybridized carbons (Fsp3) is 0.390. The number of fused-ring (bicyclic) bond motifs is 2. The number of rotatable bonds is 42. The van der Waals surface area contributed by atoms with Gasteiger partial charge >= 0.3 is 17.9 Å². The molecule has 37 heteroatoms. The summed E-state index contributed by atoms with van der Waals surface area (Å²) >= 11 is 0. The summed E-state index contributed by atoms with van der Waals surface area (Å²) in [7, 11) is 0. The molecule has 9 rings (SSSR count). The third kappa shape index (κ3) is 25.4. The minimum Gasteiger partial charge on any atom is -0.508 e. The van der Waals surface area contributed by atoms with Crippen LogP contribution < -0.4 is 70.4 Å². The molecule has 5 aromatic carbocycles. The van der Waals surface area contributed by atoms with Crippen LogP contribution >= 0.6 is 0 Å². The molecule has 0 bridgehead atoms. The van der Waals surface area contributed by atoms with Gasteiger partial charge in [-0.1, -0.05) is 123 Å². The molecule has 12 atom stereocenters. The number of nitrogens with two attached hydrogens (primary N) is 3. The average molecular weight is 1640 g/mol. The van der Waals surface area contributed by atoms with Crippen LogP contribution in [0.3, 0.4) is 0 Å². The van der Waals surface area contributed by atoms with Crippen LogP contribution in [-0.4, -0.2) is 227 Å². The van der Waals surface area contributed by atoms with Crippen molar-refractivity contribution < 1.29 is 92.3 Å². The number of aromatic amines is 2. The highest BCUT2D eigenvalue weighted by Crippen LogP contribution is 2.27. The van der Waals surface area contributed by atoms with Gasteiger partial charge in [-0.15, -0.1) is 0 Å². The number of phenolic OH excluding ortho intramolecular Hbond substituents is 1. The molecule has 2 saturated heterocycles. The zero-order chi connectivity index (χ0) is 86.1. The molecular formula is C82H100N18O19. The summed E-state index contributed by atoms with van der Waals surface area (Å²) in [5.74, 6) is -17.3. The molecule has 2 fully saturated rings. The summed E-state index contributed by atoms with van der Waals surface area (Å²) in [4.78, 5) is 220. The largest absolute Gasteiger partial charge is 0.508 e. The third-order valence-electron chi connectivity index (χ3n) is 20.6. The second-order valence-corrected chi connectivity index (χ2v) is 29.8. The molecule has 4 heterocycles. The van der Waals surface area contributed by atoms with Crippen LogP contribution in [0, 0.1) is 11.3 Å². The second kappa shape index (κ2) is 42.2. The maximum atomic E-state index is 15.7. The molecule has 23 N–H and O–H groups in total. The number of para-hydroxylation sites is 2. The molecular weight excluding hydrogens is 1540 g/mol. The number of nitrogens with one attached hydrogen (secondary N) is 13. The number of phenols is 1. The molecule has 37 nitrogen and oxygen atoms in total. The van der Waals surface area contributed by atoms with E-state index in [0.29, 0.717) is 56.0 Å². The number of aromatic hydroxyl groups is 1. The molecule has 0 radical (unpaired) electrons. The Bertz CT molecular complexity index is 4850. The highest BCUT2D eigenvalue weighted by molar-refractivity contribution is 6.02. The first-order valence-electron chi connectivity index (χ1n) is 38.9. The van der Waals surface area contributed by atoms with E-state index in [2.05, 4.69) is 63.1 Å². The molecule has 0 spiro atoms. The quantitative estimate of drug-likeness (QED) is 0.0129. The van der Waals surface area contributed by atoms with Gasteiger partial charge in [-0.25, -0.2) is 4.79 Å². The fourth-order valence-corrected chi connectivity index (χ4v) is 14.5. The van der Waals surface area contributed by atoms with Gasteiger partial charge in [0.1, 0.15) is 72.2 Å². The number of carboxylic acids is 3. The zero-order valence-electron chi connectivity index (χ0n) is 65.4. The third-order valence-corrected chi connectivity index (χ3v) is 20.6. The Kier molecular flexibility index (Phi) is 31.6. The summed E-state index contributed by atoms with van der Waals surface area (Å²) in [5, 5.41) is 74.1. The molecule has 0 aliphatic carbocycles. The van der Waals surface area contributed by atoms with Crippen LogP contribution in [0.2, 0.25) is 0 Å². The van der Waals surface area contributed by atoms with Crippen LogP contribution in [0.15, 0.2) is 146 Å². The molecule has 119 heavy (non-hydrogen) atoms. The van der Waals surface area contributed by atoms with Crippen molar-refractivity contribution in [3.8, 4) is 5.75 Å². The van der Waals surface area contributed by atoms with Crippen LogP contribution in [0.25, 0.3) is 21.8 Å². The number of nitrogens with zero attached hydrogens (tertiary/aromatic N) is 2. The summed E-state index contributed by atoms with van der Waals surface area (Å²) in [6.45, 7) is 3.27. The molecule has 2 aliphatic rings. The number of carbonyl (C=O) groups excluding carboxylic acids is 12. The predicted molar refractivity (Wildman–Crippen MR) is 431 cm³/mol. The Morgan fingerprint density at radius 2 is 0.849 bits per heavy atom. The minimum absolute atomic E-state index is 0.00165. The smallest absolute Gasteiger partial charge is 0.326 e. The lowest BCUT2D eigenvalue weighted by Crippen LogP contribution is -2.62.